The topological polar surface area (TPSA) is 58.4 Å². The highest BCUT2D eigenvalue weighted by Gasteiger charge is 2.23. The van der Waals surface area contributed by atoms with Gasteiger partial charge < -0.3 is 4.90 Å². The molecule has 3 aromatic carbocycles. The third-order valence-electron chi connectivity index (χ3n) is 7.51. The van der Waals surface area contributed by atoms with E-state index in [1.807, 2.05) is 84.6 Å². The lowest BCUT2D eigenvalue weighted by Gasteiger charge is -2.34. The number of nitrogens with zero attached hydrogens (tertiary/aromatic N) is 4. The molecule has 41 heavy (non-hydrogen) atoms. The Morgan fingerprint density at radius 2 is 1.56 bits per heavy atom. The van der Waals surface area contributed by atoms with Gasteiger partial charge in [-0.2, -0.15) is 0 Å². The second-order valence-corrected chi connectivity index (χ2v) is 11.3. The van der Waals surface area contributed by atoms with Crippen LogP contribution in [0, 0.1) is 6.92 Å². The Bertz CT molecular complexity index is 1560. The van der Waals surface area contributed by atoms with E-state index in [9.17, 15) is 9.59 Å². The molecule has 0 saturated carbocycles. The van der Waals surface area contributed by atoms with Crippen molar-refractivity contribution in [2.75, 3.05) is 32.7 Å². The molecule has 0 N–H and O–H groups in total. The first kappa shape index (κ1) is 28.6. The molecule has 6 nitrogen and oxygen atoms in total. The molecule has 0 radical (unpaired) electrons. The minimum Gasteiger partial charge on any atom is -0.336 e. The fraction of sp³-hybridized carbons (Fsp3) is 0.265. The summed E-state index contributed by atoms with van der Waals surface area (Å²) in [6, 6.07) is 28.1. The average Bonchev–Trinajstić information content (AvgIpc) is 3.01. The number of rotatable bonds is 9. The summed E-state index contributed by atoms with van der Waals surface area (Å²) < 4.78 is 1.63. The van der Waals surface area contributed by atoms with Crippen molar-refractivity contribution in [3.63, 3.8) is 0 Å². The summed E-state index contributed by atoms with van der Waals surface area (Å²) in [4.78, 5) is 35.9. The Morgan fingerprint density at radius 1 is 0.902 bits per heavy atom. The van der Waals surface area contributed by atoms with Gasteiger partial charge in [0.1, 0.15) is 0 Å². The van der Waals surface area contributed by atoms with Crippen LogP contribution >= 0.6 is 11.8 Å². The summed E-state index contributed by atoms with van der Waals surface area (Å²) in [5, 5.41) is 0.656. The summed E-state index contributed by atoms with van der Waals surface area (Å²) in [5.41, 5.74) is 5.41. The molecule has 7 heteroatoms. The number of carbonyl (C=O) groups is 1. The van der Waals surface area contributed by atoms with Crippen molar-refractivity contribution >= 4 is 23.7 Å². The fourth-order valence-corrected chi connectivity index (χ4v) is 6.08. The lowest BCUT2D eigenvalue weighted by Crippen LogP contribution is -2.48. The van der Waals surface area contributed by atoms with E-state index in [1.165, 1.54) is 17.3 Å². The van der Waals surface area contributed by atoms with Crippen LogP contribution in [0.3, 0.4) is 0 Å². The number of hydrogen-bond donors (Lipinski definition) is 0. The second kappa shape index (κ2) is 13.6. The first-order chi connectivity index (χ1) is 20.0. The molecule has 5 rings (SSSR count). The van der Waals surface area contributed by atoms with E-state index in [0.29, 0.717) is 36.0 Å². The average molecular weight is 565 g/mol. The molecule has 1 amide bonds. The van der Waals surface area contributed by atoms with Crippen LogP contribution in [0.4, 0.5) is 0 Å². The standard InChI is InChI=1S/C34H36N4O2S/c1-26-31(24-28-14-7-4-8-15-28)32(39)36(2)34(35-26)41-25-29-17-9-10-18-30(29)33(40)38-22-20-37(21-23-38)19-11-16-27-12-5-3-6-13-27/h3-18H,19-25H2,1-2H3/b16-11+. The Morgan fingerprint density at radius 3 is 2.29 bits per heavy atom. The number of hydrogen-bond acceptors (Lipinski definition) is 5. The van der Waals surface area contributed by atoms with E-state index < -0.39 is 0 Å². The first-order valence-electron chi connectivity index (χ1n) is 14.0. The molecule has 0 unspecified atom stereocenters. The number of aryl methyl sites for hydroxylation is 1. The van der Waals surface area contributed by atoms with Crippen molar-refractivity contribution in [3.8, 4) is 0 Å². The van der Waals surface area contributed by atoms with Crippen molar-refractivity contribution in [1.82, 2.24) is 19.4 Å². The van der Waals surface area contributed by atoms with Crippen LogP contribution in [-0.4, -0.2) is 58.0 Å². The molecule has 1 aromatic heterocycles. The maximum Gasteiger partial charge on any atom is 0.257 e. The van der Waals surface area contributed by atoms with Gasteiger partial charge in [-0.1, -0.05) is 103 Å². The van der Waals surface area contributed by atoms with Crippen LogP contribution in [0.5, 0.6) is 0 Å². The van der Waals surface area contributed by atoms with E-state index in [1.54, 1.807) is 11.6 Å². The van der Waals surface area contributed by atoms with Crippen molar-refractivity contribution in [3.05, 3.63) is 135 Å². The van der Waals surface area contributed by atoms with E-state index in [4.69, 9.17) is 4.98 Å². The van der Waals surface area contributed by atoms with Crippen molar-refractivity contribution in [1.29, 1.82) is 0 Å². The van der Waals surface area contributed by atoms with Gasteiger partial charge in [-0.3, -0.25) is 19.1 Å². The van der Waals surface area contributed by atoms with Gasteiger partial charge in [0.05, 0.1) is 0 Å². The molecule has 2 heterocycles. The molecule has 0 aliphatic carbocycles. The van der Waals surface area contributed by atoms with Crippen molar-refractivity contribution < 1.29 is 4.79 Å². The highest BCUT2D eigenvalue weighted by Crippen LogP contribution is 2.24. The van der Waals surface area contributed by atoms with Crippen LogP contribution in [0.2, 0.25) is 0 Å². The lowest BCUT2D eigenvalue weighted by atomic mass is 10.1. The van der Waals surface area contributed by atoms with Crippen LogP contribution in [0.1, 0.15) is 38.3 Å². The van der Waals surface area contributed by atoms with E-state index in [2.05, 4.69) is 29.2 Å². The highest BCUT2D eigenvalue weighted by atomic mass is 32.2. The monoisotopic (exact) mass is 564 g/mol. The molecule has 210 valence electrons. The SMILES string of the molecule is Cc1nc(SCc2ccccc2C(=O)N2CCN(C/C=C/c3ccccc3)CC2)n(C)c(=O)c1Cc1ccccc1. The maximum atomic E-state index is 13.5. The summed E-state index contributed by atoms with van der Waals surface area (Å²) in [6.07, 6.45) is 4.90. The minimum atomic E-state index is -0.0234. The van der Waals surface area contributed by atoms with Gasteiger partial charge in [0.25, 0.3) is 11.5 Å². The van der Waals surface area contributed by atoms with Gasteiger partial charge in [-0.15, -0.1) is 0 Å². The van der Waals surface area contributed by atoms with Crippen LogP contribution < -0.4 is 5.56 Å². The molecule has 0 spiro atoms. The zero-order valence-corrected chi connectivity index (χ0v) is 24.5. The lowest BCUT2D eigenvalue weighted by molar-refractivity contribution is 0.0649. The predicted octanol–water partition coefficient (Wildman–Crippen LogP) is 5.44. The normalized spacial score (nSPS) is 14.0. The van der Waals surface area contributed by atoms with E-state index in [0.717, 1.165) is 42.0 Å². The van der Waals surface area contributed by atoms with Crippen molar-refractivity contribution in [2.24, 2.45) is 7.05 Å². The first-order valence-corrected chi connectivity index (χ1v) is 15.0. The van der Waals surface area contributed by atoms with Crippen LogP contribution in [-0.2, 0) is 19.2 Å². The Labute approximate surface area is 246 Å². The van der Waals surface area contributed by atoms with Gasteiger partial charge in [-0.25, -0.2) is 4.98 Å². The predicted molar refractivity (Wildman–Crippen MR) is 167 cm³/mol. The molecule has 1 fully saturated rings. The van der Waals surface area contributed by atoms with Gasteiger partial charge in [0.15, 0.2) is 5.16 Å². The smallest absolute Gasteiger partial charge is 0.257 e. The fourth-order valence-electron chi connectivity index (χ4n) is 5.07. The molecule has 4 aromatic rings. The number of aromatic nitrogens is 2. The summed E-state index contributed by atoms with van der Waals surface area (Å²) in [7, 11) is 1.77. The number of benzene rings is 3. The Hall–Kier alpha value is -3.94. The Kier molecular flexibility index (Phi) is 9.49. The molecule has 1 aliphatic heterocycles. The number of amides is 1. The summed E-state index contributed by atoms with van der Waals surface area (Å²) in [6.45, 7) is 5.89. The quantitative estimate of drug-likeness (QED) is 0.200. The third-order valence-corrected chi connectivity index (χ3v) is 8.59. The Balaban J connectivity index is 1.20. The minimum absolute atomic E-state index is 0.0234. The molecule has 0 bridgehead atoms. The van der Waals surface area contributed by atoms with E-state index >= 15 is 0 Å². The van der Waals surface area contributed by atoms with E-state index in [-0.39, 0.29) is 11.5 Å². The van der Waals surface area contributed by atoms with Gasteiger partial charge in [-0.05, 0) is 29.7 Å². The zero-order valence-electron chi connectivity index (χ0n) is 23.7. The number of piperazine rings is 1. The van der Waals surface area contributed by atoms with Gasteiger partial charge >= 0.3 is 0 Å². The largest absolute Gasteiger partial charge is 0.336 e. The molecule has 1 saturated heterocycles. The van der Waals surface area contributed by atoms with Crippen LogP contribution in [0.25, 0.3) is 6.08 Å². The molecule has 1 aliphatic rings. The summed E-state index contributed by atoms with van der Waals surface area (Å²) >= 11 is 1.49. The third kappa shape index (κ3) is 7.23. The maximum absolute atomic E-state index is 13.5. The molecular weight excluding hydrogens is 528 g/mol. The van der Waals surface area contributed by atoms with Crippen molar-refractivity contribution in [2.45, 2.75) is 24.3 Å². The van der Waals surface area contributed by atoms with Gasteiger partial charge in [0, 0.05) is 68.8 Å². The van der Waals surface area contributed by atoms with Crippen LogP contribution in [0.15, 0.2) is 101 Å². The summed E-state index contributed by atoms with van der Waals surface area (Å²) in [5.74, 6) is 0.626. The second-order valence-electron chi connectivity index (χ2n) is 10.3. The number of thioether (sulfide) groups is 1. The zero-order chi connectivity index (χ0) is 28.6. The molecule has 0 atom stereocenters. The molecular formula is C34H36N4O2S. The number of carbonyl (C=O) groups excluding carboxylic acids is 1. The highest BCUT2D eigenvalue weighted by molar-refractivity contribution is 7.98. The van der Waals surface area contributed by atoms with Gasteiger partial charge in [0.2, 0.25) is 0 Å².